The molecule has 4 rings (SSSR count). The first kappa shape index (κ1) is 22.9. The standard InChI is InChI=1S/C29H34N2O2/c1-5-7-13-25-21(4)26-18-23(29(32)30-19-24-16-14-20(3)33-24)15-17-27(26)31(6-2)28(25)22-11-9-8-10-12-22/h8-12,14-18,25,28H,4-7,13,19H2,1-3H3,(H,30,32). The first-order chi connectivity index (χ1) is 16.0. The highest BCUT2D eigenvalue weighted by Gasteiger charge is 2.37. The predicted octanol–water partition coefficient (Wildman–Crippen LogP) is 6.92. The molecule has 2 unspecified atom stereocenters. The predicted molar refractivity (Wildman–Crippen MR) is 135 cm³/mol. The van der Waals surface area contributed by atoms with E-state index in [9.17, 15) is 4.79 Å². The normalized spacial score (nSPS) is 17.7. The summed E-state index contributed by atoms with van der Waals surface area (Å²) in [5.41, 5.74) is 5.35. The van der Waals surface area contributed by atoms with Crippen LogP contribution >= 0.6 is 0 Å². The van der Waals surface area contributed by atoms with Gasteiger partial charge in [-0.3, -0.25) is 4.79 Å². The molecule has 1 aliphatic rings. The third-order valence-electron chi connectivity index (χ3n) is 6.65. The Morgan fingerprint density at radius 2 is 1.88 bits per heavy atom. The van der Waals surface area contributed by atoms with Gasteiger partial charge < -0.3 is 14.6 Å². The van der Waals surface area contributed by atoms with Crippen LogP contribution in [0.5, 0.6) is 0 Å². The van der Waals surface area contributed by atoms with E-state index in [1.165, 1.54) is 5.56 Å². The number of aryl methyl sites for hydroxylation is 1. The minimum atomic E-state index is -0.0991. The number of nitrogens with zero attached hydrogens (tertiary/aromatic N) is 1. The molecule has 2 atom stereocenters. The number of anilines is 1. The van der Waals surface area contributed by atoms with Gasteiger partial charge >= 0.3 is 0 Å². The lowest BCUT2D eigenvalue weighted by Gasteiger charge is -2.45. The number of unbranched alkanes of at least 4 members (excludes halogenated alkanes) is 1. The summed E-state index contributed by atoms with van der Waals surface area (Å²) in [6.45, 7) is 12.2. The zero-order chi connectivity index (χ0) is 23.4. The fraction of sp³-hybridized carbons (Fsp3) is 0.345. The fourth-order valence-electron chi connectivity index (χ4n) is 4.98. The fourth-order valence-corrected chi connectivity index (χ4v) is 4.98. The van der Waals surface area contributed by atoms with Gasteiger partial charge in [0.2, 0.25) is 0 Å². The van der Waals surface area contributed by atoms with Gasteiger partial charge in [-0.25, -0.2) is 0 Å². The molecule has 1 aromatic heterocycles. The van der Waals surface area contributed by atoms with Crippen LogP contribution in [0, 0.1) is 12.8 Å². The molecule has 1 aliphatic heterocycles. The molecule has 3 aromatic rings. The van der Waals surface area contributed by atoms with Crippen molar-refractivity contribution in [2.24, 2.45) is 5.92 Å². The van der Waals surface area contributed by atoms with Crippen molar-refractivity contribution in [1.82, 2.24) is 5.32 Å². The molecule has 0 saturated carbocycles. The average Bonchev–Trinajstić information content (AvgIpc) is 3.27. The second-order valence-electron chi connectivity index (χ2n) is 8.84. The van der Waals surface area contributed by atoms with Crippen LogP contribution in [0.15, 0.2) is 71.7 Å². The molecule has 0 bridgehead atoms. The van der Waals surface area contributed by atoms with Crippen LogP contribution < -0.4 is 10.2 Å². The number of furan rings is 1. The second kappa shape index (κ2) is 10.1. The van der Waals surface area contributed by atoms with Crippen molar-refractivity contribution in [2.45, 2.75) is 52.6 Å². The number of nitrogens with one attached hydrogen (secondary N) is 1. The molecule has 33 heavy (non-hydrogen) atoms. The van der Waals surface area contributed by atoms with E-state index in [2.05, 4.69) is 67.0 Å². The molecular formula is C29H34N2O2. The van der Waals surface area contributed by atoms with Gasteiger partial charge in [-0.1, -0.05) is 56.7 Å². The van der Waals surface area contributed by atoms with E-state index in [1.807, 2.05) is 31.2 Å². The highest BCUT2D eigenvalue weighted by molar-refractivity contribution is 5.96. The van der Waals surface area contributed by atoms with E-state index >= 15 is 0 Å². The van der Waals surface area contributed by atoms with Gasteiger partial charge in [0.25, 0.3) is 5.91 Å². The highest BCUT2D eigenvalue weighted by Crippen LogP contribution is 2.49. The Bertz CT molecular complexity index is 1120. The Kier molecular flexibility index (Phi) is 7.02. The van der Waals surface area contributed by atoms with Crippen LogP contribution in [0.1, 0.15) is 72.2 Å². The number of carbonyl (C=O) groups is 1. The van der Waals surface area contributed by atoms with Crippen LogP contribution in [0.4, 0.5) is 5.69 Å². The molecule has 0 spiro atoms. The van der Waals surface area contributed by atoms with Gasteiger partial charge in [0.05, 0.1) is 12.6 Å². The lowest BCUT2D eigenvalue weighted by molar-refractivity contribution is 0.0948. The van der Waals surface area contributed by atoms with Crippen LogP contribution in [0.2, 0.25) is 0 Å². The van der Waals surface area contributed by atoms with Gasteiger partial charge in [-0.2, -0.15) is 0 Å². The summed E-state index contributed by atoms with van der Waals surface area (Å²) in [6.07, 6.45) is 3.39. The summed E-state index contributed by atoms with van der Waals surface area (Å²) >= 11 is 0. The van der Waals surface area contributed by atoms with Crippen LogP contribution in [-0.4, -0.2) is 12.5 Å². The third kappa shape index (κ3) is 4.75. The first-order valence-corrected chi connectivity index (χ1v) is 12.0. The van der Waals surface area contributed by atoms with Gasteiger partial charge in [-0.05, 0) is 61.7 Å². The van der Waals surface area contributed by atoms with Crippen molar-refractivity contribution in [3.8, 4) is 0 Å². The van der Waals surface area contributed by atoms with Crippen LogP contribution in [-0.2, 0) is 6.54 Å². The van der Waals surface area contributed by atoms with Crippen LogP contribution in [0.3, 0.4) is 0 Å². The molecule has 0 saturated heterocycles. The minimum Gasteiger partial charge on any atom is -0.465 e. The van der Waals surface area contributed by atoms with Crippen LogP contribution in [0.25, 0.3) is 5.57 Å². The van der Waals surface area contributed by atoms with E-state index < -0.39 is 0 Å². The maximum absolute atomic E-state index is 12.9. The Morgan fingerprint density at radius 3 is 2.55 bits per heavy atom. The average molecular weight is 443 g/mol. The van der Waals surface area contributed by atoms with E-state index in [-0.39, 0.29) is 11.9 Å². The molecule has 4 heteroatoms. The first-order valence-electron chi connectivity index (χ1n) is 12.0. The molecule has 2 aromatic carbocycles. The molecule has 0 aliphatic carbocycles. The summed E-state index contributed by atoms with van der Waals surface area (Å²) in [5.74, 6) is 1.81. The van der Waals surface area contributed by atoms with E-state index in [4.69, 9.17) is 4.42 Å². The van der Waals surface area contributed by atoms with Crippen molar-refractivity contribution < 1.29 is 9.21 Å². The summed E-state index contributed by atoms with van der Waals surface area (Å²) in [5, 5.41) is 2.98. The summed E-state index contributed by atoms with van der Waals surface area (Å²) in [7, 11) is 0. The molecule has 2 heterocycles. The Labute approximate surface area is 197 Å². The van der Waals surface area contributed by atoms with E-state index in [0.29, 0.717) is 18.0 Å². The summed E-state index contributed by atoms with van der Waals surface area (Å²) < 4.78 is 5.58. The summed E-state index contributed by atoms with van der Waals surface area (Å²) in [6, 6.07) is 20.8. The number of amides is 1. The SMILES string of the molecule is C=C1c2cc(C(=O)NCc3ccc(C)o3)ccc2N(CC)C(c2ccccc2)C1CCCC. The topological polar surface area (TPSA) is 45.5 Å². The zero-order valence-corrected chi connectivity index (χ0v) is 19.9. The molecule has 172 valence electrons. The maximum atomic E-state index is 12.9. The Morgan fingerprint density at radius 1 is 1.09 bits per heavy atom. The number of fused-ring (bicyclic) bond motifs is 1. The molecule has 1 amide bonds. The molecule has 1 N–H and O–H groups in total. The monoisotopic (exact) mass is 442 g/mol. The highest BCUT2D eigenvalue weighted by atomic mass is 16.3. The second-order valence-corrected chi connectivity index (χ2v) is 8.84. The Hall–Kier alpha value is -3.27. The van der Waals surface area contributed by atoms with Gasteiger partial charge in [0.1, 0.15) is 11.5 Å². The van der Waals surface area contributed by atoms with Crippen molar-refractivity contribution in [3.05, 3.63) is 95.5 Å². The minimum absolute atomic E-state index is 0.0991. The summed E-state index contributed by atoms with van der Waals surface area (Å²) in [4.78, 5) is 15.4. The molecule has 0 fully saturated rings. The van der Waals surface area contributed by atoms with Crippen molar-refractivity contribution in [2.75, 3.05) is 11.4 Å². The lowest BCUT2D eigenvalue weighted by Crippen LogP contribution is -2.38. The number of carbonyl (C=O) groups excluding carboxylic acids is 1. The number of benzene rings is 2. The molecular weight excluding hydrogens is 408 g/mol. The van der Waals surface area contributed by atoms with Crippen molar-refractivity contribution in [3.63, 3.8) is 0 Å². The van der Waals surface area contributed by atoms with E-state index in [0.717, 1.165) is 54.2 Å². The number of rotatable bonds is 8. The third-order valence-corrected chi connectivity index (χ3v) is 6.65. The quantitative estimate of drug-likeness (QED) is 0.412. The van der Waals surface area contributed by atoms with Gasteiger partial charge in [0.15, 0.2) is 0 Å². The van der Waals surface area contributed by atoms with E-state index in [1.54, 1.807) is 0 Å². The van der Waals surface area contributed by atoms with Crippen molar-refractivity contribution >= 4 is 17.2 Å². The number of hydrogen-bond acceptors (Lipinski definition) is 3. The van der Waals surface area contributed by atoms with Crippen molar-refractivity contribution in [1.29, 1.82) is 0 Å². The molecule has 0 radical (unpaired) electrons. The largest absolute Gasteiger partial charge is 0.465 e. The van der Waals surface area contributed by atoms with Gasteiger partial charge in [0, 0.05) is 29.3 Å². The maximum Gasteiger partial charge on any atom is 0.251 e. The lowest BCUT2D eigenvalue weighted by atomic mass is 9.76. The van der Waals surface area contributed by atoms with Gasteiger partial charge in [-0.15, -0.1) is 0 Å². The molecule has 4 nitrogen and oxygen atoms in total. The number of hydrogen-bond donors (Lipinski definition) is 1. The smallest absolute Gasteiger partial charge is 0.251 e. The zero-order valence-electron chi connectivity index (χ0n) is 19.9. The Balaban J connectivity index is 1.65.